The van der Waals surface area contributed by atoms with Gasteiger partial charge < -0.3 is 8.91 Å². The van der Waals surface area contributed by atoms with Crippen LogP contribution >= 0.6 is 37.2 Å². The number of nitrogens with zero attached hydrogens (tertiary/aromatic N) is 1. The first-order chi connectivity index (χ1) is 17.8. The second-order valence-corrected chi connectivity index (χ2v) is 32.9. The Hall–Kier alpha value is 2.33. The van der Waals surface area contributed by atoms with Crippen molar-refractivity contribution in [1.82, 2.24) is 0 Å². The SMILES string of the molecule is CCCCCCCCCCCC[N+](C)(CCCCCCCCCCCC)CCC[Si](C)(C)OC.I[I-]I. The van der Waals surface area contributed by atoms with E-state index in [1.165, 1.54) is 165 Å². The fourth-order valence-electron chi connectivity index (χ4n) is 5.29. The van der Waals surface area contributed by atoms with E-state index in [1.807, 2.05) is 7.11 Å². The van der Waals surface area contributed by atoms with Gasteiger partial charge in [-0.2, -0.15) is 0 Å². The third kappa shape index (κ3) is 32.7. The van der Waals surface area contributed by atoms with E-state index in [2.05, 4.69) is 71.2 Å². The molecule has 0 aromatic heterocycles. The van der Waals surface area contributed by atoms with Gasteiger partial charge >= 0.3 is 50.5 Å². The number of unbranched alkanes of at least 4 members (excludes halogenated alkanes) is 18. The van der Waals surface area contributed by atoms with Gasteiger partial charge in [-0.15, -0.1) is 0 Å². The van der Waals surface area contributed by atoms with Crippen LogP contribution in [0, 0.1) is 0 Å². The third-order valence-corrected chi connectivity index (χ3v) is 10.8. The first-order valence-electron chi connectivity index (χ1n) is 16.1. The molecule has 6 heteroatoms. The summed E-state index contributed by atoms with van der Waals surface area (Å²) in [5.41, 5.74) is 0. The molecular formula is C31H68I3NOSi. The zero-order chi connectivity index (χ0) is 28.1. The average Bonchev–Trinajstić information content (AvgIpc) is 2.87. The van der Waals surface area contributed by atoms with Crippen LogP contribution in [0.5, 0.6) is 0 Å². The van der Waals surface area contributed by atoms with Crippen LogP contribution in [0.4, 0.5) is 0 Å². The molecule has 228 valence electrons. The zero-order valence-electron chi connectivity index (χ0n) is 26.2. The summed E-state index contributed by atoms with van der Waals surface area (Å²) in [4.78, 5) is 0. The van der Waals surface area contributed by atoms with E-state index in [4.69, 9.17) is 4.43 Å². The number of hydrogen-bond donors (Lipinski definition) is 0. The number of rotatable bonds is 27. The van der Waals surface area contributed by atoms with E-state index in [9.17, 15) is 0 Å². The van der Waals surface area contributed by atoms with Crippen molar-refractivity contribution in [2.24, 2.45) is 0 Å². The molecule has 0 aliphatic heterocycles. The molecule has 0 heterocycles. The Morgan fingerprint density at radius 1 is 0.541 bits per heavy atom. The van der Waals surface area contributed by atoms with Crippen molar-refractivity contribution < 1.29 is 22.2 Å². The van der Waals surface area contributed by atoms with Crippen LogP contribution in [-0.2, 0) is 4.43 Å². The van der Waals surface area contributed by atoms with E-state index in [-0.39, 0.29) is 0 Å². The Bertz CT molecular complexity index is 417. The van der Waals surface area contributed by atoms with Crippen molar-refractivity contribution in [2.75, 3.05) is 33.8 Å². The van der Waals surface area contributed by atoms with Gasteiger partial charge in [-0.1, -0.05) is 117 Å². The molecule has 37 heavy (non-hydrogen) atoms. The predicted molar refractivity (Wildman–Crippen MR) is 186 cm³/mol. The Morgan fingerprint density at radius 2 is 0.811 bits per heavy atom. The number of quaternary nitrogens is 1. The van der Waals surface area contributed by atoms with Crippen LogP contribution in [0.15, 0.2) is 0 Å². The average molecular weight is 880 g/mol. The fraction of sp³-hybridized carbons (Fsp3) is 1.00. The molecule has 0 saturated carbocycles. The maximum absolute atomic E-state index is 5.82. The van der Waals surface area contributed by atoms with Crippen molar-refractivity contribution in [3.8, 4) is 0 Å². The molecule has 0 bridgehead atoms. The molecule has 2 nitrogen and oxygen atoms in total. The summed E-state index contributed by atoms with van der Waals surface area (Å²) in [6.07, 6.45) is 30.2. The molecule has 0 saturated heterocycles. The van der Waals surface area contributed by atoms with Crippen LogP contribution < -0.4 is 13.3 Å². The zero-order valence-corrected chi connectivity index (χ0v) is 33.6. The monoisotopic (exact) mass is 879 g/mol. The van der Waals surface area contributed by atoms with Crippen LogP contribution in [0.3, 0.4) is 0 Å². The first kappa shape index (κ1) is 41.5. The third-order valence-electron chi connectivity index (χ3n) is 8.13. The van der Waals surface area contributed by atoms with E-state index in [0.717, 1.165) is 0 Å². The first-order valence-corrected chi connectivity index (χ1v) is 31.7. The second kappa shape index (κ2) is 31.3. The summed E-state index contributed by atoms with van der Waals surface area (Å²) in [5.74, 6) is 0. The minimum absolute atomic E-state index is 0.530. The topological polar surface area (TPSA) is 9.23 Å². The fourth-order valence-corrected chi connectivity index (χ4v) is 6.50. The van der Waals surface area contributed by atoms with Crippen molar-refractivity contribution in [2.45, 2.75) is 168 Å². The van der Waals surface area contributed by atoms with Gasteiger partial charge in [0, 0.05) is 7.11 Å². The van der Waals surface area contributed by atoms with Gasteiger partial charge in [0.05, 0.1) is 26.7 Å². The summed E-state index contributed by atoms with van der Waals surface area (Å²) in [6.45, 7) is 13.5. The van der Waals surface area contributed by atoms with Gasteiger partial charge in [0.15, 0.2) is 8.32 Å². The molecule has 0 unspecified atom stereocenters. The van der Waals surface area contributed by atoms with E-state index < -0.39 is 8.32 Å². The molecule has 0 rings (SSSR count). The molecule has 0 atom stereocenters. The molecule has 0 aromatic rings. The molecular weight excluding hydrogens is 811 g/mol. The van der Waals surface area contributed by atoms with Crippen LogP contribution in [-0.4, -0.2) is 46.6 Å². The van der Waals surface area contributed by atoms with Gasteiger partial charge in [-0.3, -0.25) is 0 Å². The molecule has 0 aromatic carbocycles. The maximum atomic E-state index is 5.82. The molecule has 0 fully saturated rings. The van der Waals surface area contributed by atoms with Crippen LogP contribution in [0.25, 0.3) is 0 Å². The van der Waals surface area contributed by atoms with Gasteiger partial charge in [-0.05, 0) is 51.2 Å². The summed E-state index contributed by atoms with van der Waals surface area (Å²) in [6, 6.07) is 1.31. The summed E-state index contributed by atoms with van der Waals surface area (Å²) in [7, 11) is 3.06. The van der Waals surface area contributed by atoms with Crippen LogP contribution in [0.2, 0.25) is 19.1 Å². The Labute approximate surface area is 266 Å². The van der Waals surface area contributed by atoms with Crippen molar-refractivity contribution in [1.29, 1.82) is 0 Å². The van der Waals surface area contributed by atoms with E-state index >= 15 is 0 Å². The molecule has 0 N–H and O–H groups in total. The van der Waals surface area contributed by atoms with Crippen molar-refractivity contribution in [3.05, 3.63) is 0 Å². The van der Waals surface area contributed by atoms with Gasteiger partial charge in [0.25, 0.3) is 0 Å². The van der Waals surface area contributed by atoms with Gasteiger partial charge in [-0.25, -0.2) is 0 Å². The molecule has 0 aliphatic rings. The van der Waals surface area contributed by atoms with Crippen molar-refractivity contribution in [3.63, 3.8) is 0 Å². The van der Waals surface area contributed by atoms with Crippen molar-refractivity contribution >= 4 is 45.5 Å². The Balaban J connectivity index is 0. The second-order valence-electron chi connectivity index (χ2n) is 12.3. The van der Waals surface area contributed by atoms with E-state index in [1.54, 1.807) is 0 Å². The minimum atomic E-state index is -1.42. The molecule has 0 radical (unpaired) electrons. The molecule has 0 aliphatic carbocycles. The predicted octanol–water partition coefficient (Wildman–Crippen LogP) is 9.29. The summed E-state index contributed by atoms with van der Waals surface area (Å²) in [5, 5.41) is 0. The number of halogens is 3. The summed E-state index contributed by atoms with van der Waals surface area (Å²) < 4.78 is 7.13. The van der Waals surface area contributed by atoms with Crippen LogP contribution in [0.1, 0.15) is 149 Å². The normalized spacial score (nSPS) is 12.1. The summed E-state index contributed by atoms with van der Waals surface area (Å²) >= 11 is 5.30. The standard InChI is InChI=1S/C31H68NOSi.I3/c1-7-9-11-13-15-17-19-21-23-25-28-32(3,30-27-31-34(5,6)33-4)29-26-24-22-20-18-16-14-12-10-8-2;1-3-2/h7-31H2,1-6H3;/q+1;-1. The Morgan fingerprint density at radius 3 is 1.11 bits per heavy atom. The van der Waals surface area contributed by atoms with E-state index in [0.29, 0.717) is 13.3 Å². The number of hydrogen-bond acceptors (Lipinski definition) is 1. The Kier molecular flexibility index (Phi) is 35.0. The van der Waals surface area contributed by atoms with Gasteiger partial charge in [0.2, 0.25) is 0 Å². The quantitative estimate of drug-likeness (QED) is 0.0346. The molecule has 0 amide bonds. The van der Waals surface area contributed by atoms with Gasteiger partial charge in [0.1, 0.15) is 0 Å². The molecule has 0 spiro atoms.